The number of para-hydroxylation sites is 1. The number of aryl methyl sites for hydroxylation is 1. The monoisotopic (exact) mass is 398 g/mol. The predicted molar refractivity (Wildman–Crippen MR) is 122 cm³/mol. The van der Waals surface area contributed by atoms with Crippen molar-refractivity contribution in [2.24, 2.45) is 0 Å². The summed E-state index contributed by atoms with van der Waals surface area (Å²) in [5.74, 6) is -0.442. The van der Waals surface area contributed by atoms with Crippen molar-refractivity contribution in [3.05, 3.63) is 121 Å². The molecule has 1 N–H and O–H groups in total. The van der Waals surface area contributed by atoms with Gasteiger partial charge in [-0.25, -0.2) is 0 Å². The topological polar surface area (TPSA) is 42.0 Å². The predicted octanol–water partition coefficient (Wildman–Crippen LogP) is 5.51. The fourth-order valence-corrected chi connectivity index (χ4v) is 6.49. The maximum atomic E-state index is 14.9. The number of pyridine rings is 1. The number of aromatic nitrogens is 1. The summed E-state index contributed by atoms with van der Waals surface area (Å²) in [4.78, 5) is 4.48. The molecule has 0 saturated heterocycles. The first-order chi connectivity index (χ1) is 14.2. The molecule has 0 aliphatic carbocycles. The van der Waals surface area contributed by atoms with Crippen LogP contribution in [-0.4, -0.2) is 4.98 Å². The van der Waals surface area contributed by atoms with E-state index in [2.05, 4.69) is 10.3 Å². The molecule has 0 aliphatic heterocycles. The van der Waals surface area contributed by atoms with E-state index in [1.165, 1.54) is 0 Å². The molecule has 3 aromatic carbocycles. The van der Waals surface area contributed by atoms with Crippen LogP contribution in [0.15, 0.2) is 109 Å². The van der Waals surface area contributed by atoms with Crippen LogP contribution >= 0.6 is 7.14 Å². The normalized spacial score (nSPS) is 12.3. The largest absolute Gasteiger partial charge is 0.371 e. The van der Waals surface area contributed by atoms with Crippen LogP contribution in [-0.2, 0) is 4.57 Å². The first-order valence-electron chi connectivity index (χ1n) is 9.63. The third-order valence-electron chi connectivity index (χ3n) is 4.97. The van der Waals surface area contributed by atoms with Crippen molar-refractivity contribution in [3.8, 4) is 0 Å². The molecule has 3 nitrogen and oxygen atoms in total. The number of anilines is 1. The Morgan fingerprint density at radius 3 is 1.72 bits per heavy atom. The van der Waals surface area contributed by atoms with E-state index in [-0.39, 0.29) is 0 Å². The fourth-order valence-electron chi connectivity index (χ4n) is 3.46. The van der Waals surface area contributed by atoms with Gasteiger partial charge in [-0.2, -0.15) is 0 Å². The Morgan fingerprint density at radius 2 is 1.24 bits per heavy atom. The molecule has 4 aromatic rings. The molecule has 29 heavy (non-hydrogen) atoms. The van der Waals surface area contributed by atoms with Gasteiger partial charge in [-0.3, -0.25) is 4.98 Å². The van der Waals surface area contributed by atoms with Crippen molar-refractivity contribution < 1.29 is 4.57 Å². The maximum absolute atomic E-state index is 14.9. The summed E-state index contributed by atoms with van der Waals surface area (Å²) in [6, 6.07) is 33.4. The molecule has 144 valence electrons. The van der Waals surface area contributed by atoms with Crippen LogP contribution in [0.4, 0.5) is 5.69 Å². The van der Waals surface area contributed by atoms with Crippen molar-refractivity contribution >= 4 is 23.4 Å². The highest BCUT2D eigenvalue weighted by molar-refractivity contribution is 7.79. The van der Waals surface area contributed by atoms with E-state index in [1.807, 2.05) is 116 Å². The standard InChI is InChI=1S/C25H23N2OP/c1-20-17-18-21(19-26-20)25(27-22-11-5-2-6-12-22)29(28,23-13-7-3-8-14-23)24-15-9-4-10-16-24/h2-19,25,27H,1H3. The van der Waals surface area contributed by atoms with Crippen LogP contribution in [0.2, 0.25) is 0 Å². The maximum Gasteiger partial charge on any atom is 0.168 e. The smallest absolute Gasteiger partial charge is 0.168 e. The van der Waals surface area contributed by atoms with Gasteiger partial charge >= 0.3 is 0 Å². The highest BCUT2D eigenvalue weighted by Gasteiger charge is 2.38. The van der Waals surface area contributed by atoms with Crippen LogP contribution in [0.1, 0.15) is 17.0 Å². The molecule has 1 aromatic heterocycles. The van der Waals surface area contributed by atoms with Crippen molar-refractivity contribution in [2.75, 3.05) is 5.32 Å². The van der Waals surface area contributed by atoms with Crippen molar-refractivity contribution in [1.29, 1.82) is 0 Å². The molecule has 1 atom stereocenters. The first-order valence-corrected chi connectivity index (χ1v) is 11.4. The van der Waals surface area contributed by atoms with E-state index in [0.717, 1.165) is 27.6 Å². The molecule has 0 saturated carbocycles. The van der Waals surface area contributed by atoms with Crippen LogP contribution in [0.25, 0.3) is 0 Å². The Bertz CT molecular complexity index is 1050. The van der Waals surface area contributed by atoms with E-state index in [9.17, 15) is 4.57 Å². The van der Waals surface area contributed by atoms with Gasteiger partial charge in [0.15, 0.2) is 7.14 Å². The first kappa shape index (κ1) is 19.2. The van der Waals surface area contributed by atoms with Gasteiger partial charge in [-0.1, -0.05) is 84.9 Å². The number of nitrogens with one attached hydrogen (secondary N) is 1. The minimum atomic E-state index is -3.09. The Kier molecular flexibility index (Phi) is 5.59. The van der Waals surface area contributed by atoms with E-state index in [0.29, 0.717) is 0 Å². The lowest BCUT2D eigenvalue weighted by Gasteiger charge is -2.30. The summed E-state index contributed by atoms with van der Waals surface area (Å²) in [7, 11) is -3.09. The minimum absolute atomic E-state index is 0.442. The van der Waals surface area contributed by atoms with Gasteiger partial charge in [0.2, 0.25) is 0 Å². The van der Waals surface area contributed by atoms with E-state index < -0.39 is 12.9 Å². The molecule has 1 unspecified atom stereocenters. The summed E-state index contributed by atoms with van der Waals surface area (Å²) in [6.07, 6.45) is 1.83. The average Bonchev–Trinajstić information content (AvgIpc) is 2.79. The van der Waals surface area contributed by atoms with E-state index >= 15 is 0 Å². The summed E-state index contributed by atoms with van der Waals surface area (Å²) in [5, 5.41) is 5.19. The zero-order valence-electron chi connectivity index (χ0n) is 16.3. The molecule has 0 radical (unpaired) electrons. The number of hydrogen-bond acceptors (Lipinski definition) is 3. The van der Waals surface area contributed by atoms with Gasteiger partial charge in [-0.15, -0.1) is 0 Å². The third kappa shape index (κ3) is 4.01. The third-order valence-corrected chi connectivity index (χ3v) is 8.26. The highest BCUT2D eigenvalue weighted by atomic mass is 31.2. The Labute approximate surface area is 171 Å². The van der Waals surface area contributed by atoms with Crippen LogP contribution in [0.3, 0.4) is 0 Å². The Hall–Kier alpha value is -3.16. The SMILES string of the molecule is Cc1ccc(C(Nc2ccccc2)P(=O)(c2ccccc2)c2ccccc2)cn1. The van der Waals surface area contributed by atoms with Crippen molar-refractivity contribution in [1.82, 2.24) is 4.98 Å². The number of rotatable bonds is 6. The lowest BCUT2D eigenvalue weighted by Crippen LogP contribution is -2.26. The summed E-state index contributed by atoms with van der Waals surface area (Å²) < 4.78 is 14.9. The molecule has 0 aliphatic rings. The highest BCUT2D eigenvalue weighted by Crippen LogP contribution is 2.56. The van der Waals surface area contributed by atoms with Gasteiger partial charge in [0.25, 0.3) is 0 Å². The quantitative estimate of drug-likeness (QED) is 0.435. The summed E-state index contributed by atoms with van der Waals surface area (Å²) in [6.45, 7) is 1.96. The zero-order chi connectivity index (χ0) is 20.1. The molecule has 0 amide bonds. The second-order valence-electron chi connectivity index (χ2n) is 6.97. The van der Waals surface area contributed by atoms with Crippen molar-refractivity contribution in [3.63, 3.8) is 0 Å². The van der Waals surface area contributed by atoms with Crippen LogP contribution in [0, 0.1) is 6.92 Å². The van der Waals surface area contributed by atoms with Gasteiger partial charge in [0.05, 0.1) is 0 Å². The lowest BCUT2D eigenvalue weighted by atomic mass is 10.2. The van der Waals surface area contributed by atoms with Gasteiger partial charge in [-0.05, 0) is 25.1 Å². The number of nitrogens with zero attached hydrogens (tertiary/aromatic N) is 1. The molecular formula is C25H23N2OP. The van der Waals surface area contributed by atoms with Gasteiger partial charge in [0.1, 0.15) is 5.78 Å². The van der Waals surface area contributed by atoms with Gasteiger partial charge < -0.3 is 9.88 Å². The van der Waals surface area contributed by atoms with Crippen LogP contribution < -0.4 is 15.9 Å². The summed E-state index contributed by atoms with van der Waals surface area (Å²) in [5.41, 5.74) is 2.75. The second kappa shape index (κ2) is 8.46. The lowest BCUT2D eigenvalue weighted by molar-refractivity contribution is 0.581. The fraction of sp³-hybridized carbons (Fsp3) is 0.0800. The molecule has 4 heteroatoms. The van der Waals surface area contributed by atoms with Gasteiger partial charge in [0, 0.05) is 33.8 Å². The van der Waals surface area contributed by atoms with E-state index in [1.54, 1.807) is 0 Å². The molecule has 0 fully saturated rings. The second-order valence-corrected chi connectivity index (χ2v) is 9.84. The van der Waals surface area contributed by atoms with Crippen LogP contribution in [0.5, 0.6) is 0 Å². The molecular weight excluding hydrogens is 375 g/mol. The summed E-state index contributed by atoms with van der Waals surface area (Å²) >= 11 is 0. The zero-order valence-corrected chi connectivity index (χ0v) is 17.2. The number of hydrogen-bond donors (Lipinski definition) is 1. The Balaban J connectivity index is 1.93. The molecule has 0 spiro atoms. The number of benzene rings is 3. The molecule has 4 rings (SSSR count). The van der Waals surface area contributed by atoms with Crippen molar-refractivity contribution in [2.45, 2.75) is 12.7 Å². The molecule has 1 heterocycles. The molecule has 0 bridgehead atoms. The average molecular weight is 398 g/mol. The Morgan fingerprint density at radius 1 is 0.724 bits per heavy atom. The minimum Gasteiger partial charge on any atom is -0.371 e. The van der Waals surface area contributed by atoms with E-state index in [4.69, 9.17) is 0 Å².